The molecule has 3 aromatic rings. The highest BCUT2D eigenvalue weighted by Crippen LogP contribution is 2.38. The zero-order valence-electron chi connectivity index (χ0n) is 20.8. The van der Waals surface area contributed by atoms with Crippen LogP contribution in [0.3, 0.4) is 0 Å². The number of rotatable bonds is 7. The third-order valence-corrected chi connectivity index (χ3v) is 7.70. The van der Waals surface area contributed by atoms with Crippen molar-refractivity contribution in [2.75, 3.05) is 19.0 Å². The van der Waals surface area contributed by atoms with Gasteiger partial charge in [0.05, 0.1) is 35.5 Å². The quantitative estimate of drug-likeness (QED) is 0.435. The molecule has 1 amide bonds. The van der Waals surface area contributed by atoms with Crippen LogP contribution in [-0.4, -0.2) is 52.6 Å². The SMILES string of the molecule is COc1cc2ncnc(Nc3cccc(Cl)c3F)c2cc1O[C@H]1CC[C@H](N2CCCC[C@@H]2C(N)=O)CC1. The van der Waals surface area contributed by atoms with Gasteiger partial charge in [0, 0.05) is 17.5 Å². The number of primary amides is 1. The minimum Gasteiger partial charge on any atom is -0.493 e. The molecule has 1 aromatic heterocycles. The lowest BCUT2D eigenvalue weighted by molar-refractivity contribution is -0.126. The zero-order valence-corrected chi connectivity index (χ0v) is 21.5. The van der Waals surface area contributed by atoms with Crippen molar-refractivity contribution < 1.29 is 18.7 Å². The number of piperidine rings is 1. The molecular weight excluding hydrogens is 497 g/mol. The number of carbonyl (C=O) groups is 1. The second kappa shape index (κ2) is 11.1. The van der Waals surface area contributed by atoms with Crippen LogP contribution >= 0.6 is 11.6 Å². The Labute approximate surface area is 220 Å². The van der Waals surface area contributed by atoms with Crippen LogP contribution in [-0.2, 0) is 4.79 Å². The van der Waals surface area contributed by atoms with Crippen LogP contribution < -0.4 is 20.5 Å². The summed E-state index contributed by atoms with van der Waals surface area (Å²) in [5, 5.41) is 3.72. The number of fused-ring (bicyclic) bond motifs is 1. The number of nitrogens with zero attached hydrogens (tertiary/aromatic N) is 3. The van der Waals surface area contributed by atoms with Gasteiger partial charge in [0.15, 0.2) is 17.3 Å². The molecule has 2 aliphatic rings. The Balaban J connectivity index is 1.34. The first-order valence-electron chi connectivity index (χ1n) is 12.7. The van der Waals surface area contributed by atoms with Gasteiger partial charge in [-0.2, -0.15) is 0 Å². The molecule has 2 heterocycles. The number of anilines is 2. The fraction of sp³-hybridized carbons (Fsp3) is 0.444. The molecule has 10 heteroatoms. The van der Waals surface area contributed by atoms with Crippen LogP contribution in [0.5, 0.6) is 11.5 Å². The molecule has 0 spiro atoms. The molecule has 196 valence electrons. The summed E-state index contributed by atoms with van der Waals surface area (Å²) in [6.45, 7) is 0.922. The van der Waals surface area contributed by atoms with Crippen LogP contribution in [0.1, 0.15) is 44.9 Å². The van der Waals surface area contributed by atoms with Gasteiger partial charge in [-0.1, -0.05) is 24.1 Å². The summed E-state index contributed by atoms with van der Waals surface area (Å²) in [6, 6.07) is 8.56. The smallest absolute Gasteiger partial charge is 0.234 e. The van der Waals surface area contributed by atoms with Crippen molar-refractivity contribution >= 4 is 39.9 Å². The molecule has 1 saturated heterocycles. The summed E-state index contributed by atoms with van der Waals surface area (Å²) in [7, 11) is 1.59. The van der Waals surface area contributed by atoms with Crippen molar-refractivity contribution in [2.45, 2.75) is 63.1 Å². The lowest BCUT2D eigenvalue weighted by atomic mass is 9.88. The van der Waals surface area contributed by atoms with E-state index in [0.717, 1.165) is 51.5 Å². The standard InChI is InChI=1S/C27H31ClFN5O3/c1-36-23-14-21-18(27(32-15-31-21)33-20-6-4-5-19(28)25(20)29)13-24(23)37-17-10-8-16(9-11-17)34-12-3-2-7-22(34)26(30)35/h4-6,13-17,22H,2-3,7-12H2,1H3,(H2,30,35)(H,31,32,33)/t16-,17-,22-/m1/s1. The van der Waals surface area contributed by atoms with E-state index in [1.807, 2.05) is 6.07 Å². The maximum Gasteiger partial charge on any atom is 0.234 e. The Morgan fingerprint density at radius 1 is 1.14 bits per heavy atom. The van der Waals surface area contributed by atoms with Crippen molar-refractivity contribution in [1.82, 2.24) is 14.9 Å². The van der Waals surface area contributed by atoms with E-state index in [1.165, 1.54) is 12.4 Å². The number of methoxy groups -OCH3 is 1. The largest absolute Gasteiger partial charge is 0.493 e. The van der Waals surface area contributed by atoms with Crippen LogP contribution in [0.4, 0.5) is 15.9 Å². The van der Waals surface area contributed by atoms with Crippen LogP contribution in [0.2, 0.25) is 5.02 Å². The van der Waals surface area contributed by atoms with E-state index < -0.39 is 5.82 Å². The average Bonchev–Trinajstić information content (AvgIpc) is 2.91. The number of aromatic nitrogens is 2. The van der Waals surface area contributed by atoms with Crippen molar-refractivity contribution in [3.05, 3.63) is 47.5 Å². The molecule has 0 bridgehead atoms. The van der Waals surface area contributed by atoms with Crippen molar-refractivity contribution in [2.24, 2.45) is 5.73 Å². The predicted molar refractivity (Wildman–Crippen MR) is 141 cm³/mol. The highest BCUT2D eigenvalue weighted by molar-refractivity contribution is 6.31. The molecule has 1 aliphatic heterocycles. The van der Waals surface area contributed by atoms with Gasteiger partial charge in [-0.3, -0.25) is 9.69 Å². The zero-order chi connectivity index (χ0) is 25.9. The number of nitrogens with one attached hydrogen (secondary N) is 1. The first-order valence-corrected chi connectivity index (χ1v) is 13.1. The van der Waals surface area contributed by atoms with Gasteiger partial charge in [0.1, 0.15) is 12.1 Å². The Morgan fingerprint density at radius 3 is 2.70 bits per heavy atom. The third kappa shape index (κ3) is 5.43. The molecule has 37 heavy (non-hydrogen) atoms. The van der Waals surface area contributed by atoms with Gasteiger partial charge in [0.2, 0.25) is 5.91 Å². The summed E-state index contributed by atoms with van der Waals surface area (Å²) < 4.78 is 26.5. The van der Waals surface area contributed by atoms with E-state index in [0.29, 0.717) is 34.3 Å². The highest BCUT2D eigenvalue weighted by Gasteiger charge is 2.35. The summed E-state index contributed by atoms with van der Waals surface area (Å²) in [4.78, 5) is 23.0. The number of amides is 1. The number of ether oxygens (including phenoxy) is 2. The number of benzene rings is 2. The Hall–Kier alpha value is -3.17. The monoisotopic (exact) mass is 527 g/mol. The number of hydrogen-bond acceptors (Lipinski definition) is 7. The number of likely N-dealkylation sites (tertiary alicyclic amines) is 1. The fourth-order valence-electron chi connectivity index (χ4n) is 5.51. The van der Waals surface area contributed by atoms with Gasteiger partial charge in [-0.25, -0.2) is 14.4 Å². The number of nitrogens with two attached hydrogens (primary N) is 1. The molecule has 0 radical (unpaired) electrons. The van der Waals surface area contributed by atoms with Crippen molar-refractivity contribution in [3.8, 4) is 11.5 Å². The maximum atomic E-state index is 14.5. The Bertz CT molecular complexity index is 1280. The van der Waals surface area contributed by atoms with E-state index in [4.69, 9.17) is 26.8 Å². The first-order chi connectivity index (χ1) is 17.9. The molecule has 5 rings (SSSR count). The third-order valence-electron chi connectivity index (χ3n) is 7.40. The number of hydrogen-bond donors (Lipinski definition) is 2. The van der Waals surface area contributed by atoms with Gasteiger partial charge in [-0.15, -0.1) is 0 Å². The van der Waals surface area contributed by atoms with E-state index in [9.17, 15) is 9.18 Å². The molecule has 0 unspecified atom stereocenters. The topological polar surface area (TPSA) is 103 Å². The Kier molecular flexibility index (Phi) is 7.62. The van der Waals surface area contributed by atoms with Crippen molar-refractivity contribution in [3.63, 3.8) is 0 Å². The van der Waals surface area contributed by atoms with E-state index >= 15 is 0 Å². The van der Waals surface area contributed by atoms with Gasteiger partial charge in [-0.05, 0) is 63.3 Å². The summed E-state index contributed by atoms with van der Waals surface area (Å²) >= 11 is 5.94. The highest BCUT2D eigenvalue weighted by atomic mass is 35.5. The summed E-state index contributed by atoms with van der Waals surface area (Å²) in [6.07, 6.45) is 8.01. The molecule has 2 aromatic carbocycles. The minimum atomic E-state index is -0.551. The van der Waals surface area contributed by atoms with E-state index in [1.54, 1.807) is 25.3 Å². The summed E-state index contributed by atoms with van der Waals surface area (Å²) in [5.74, 6) is 0.812. The normalized spacial score (nSPS) is 22.5. The lowest BCUT2D eigenvalue weighted by Crippen LogP contribution is -2.53. The fourth-order valence-corrected chi connectivity index (χ4v) is 5.69. The lowest BCUT2D eigenvalue weighted by Gasteiger charge is -2.42. The van der Waals surface area contributed by atoms with Crippen LogP contribution in [0.25, 0.3) is 10.9 Å². The molecule has 1 saturated carbocycles. The number of carbonyl (C=O) groups excluding carboxylic acids is 1. The Morgan fingerprint density at radius 2 is 1.95 bits per heavy atom. The average molecular weight is 528 g/mol. The van der Waals surface area contributed by atoms with E-state index in [2.05, 4.69) is 20.2 Å². The molecule has 2 fully saturated rings. The molecule has 3 N–H and O–H groups in total. The second-order valence-corrected chi connectivity index (χ2v) is 10.1. The maximum absolute atomic E-state index is 14.5. The second-order valence-electron chi connectivity index (χ2n) is 9.67. The predicted octanol–water partition coefficient (Wildman–Crippen LogP) is 5.20. The molecule has 1 aliphatic carbocycles. The van der Waals surface area contributed by atoms with Crippen LogP contribution in [0, 0.1) is 5.82 Å². The molecule has 8 nitrogen and oxygen atoms in total. The van der Waals surface area contributed by atoms with Crippen LogP contribution in [0.15, 0.2) is 36.7 Å². The molecule has 1 atom stereocenters. The molecular formula is C27H31ClFN5O3. The van der Waals surface area contributed by atoms with Crippen molar-refractivity contribution in [1.29, 1.82) is 0 Å². The first kappa shape index (κ1) is 25.5. The van der Waals surface area contributed by atoms with Gasteiger partial charge >= 0.3 is 0 Å². The minimum absolute atomic E-state index is 0.00540. The van der Waals surface area contributed by atoms with E-state index in [-0.39, 0.29) is 28.8 Å². The summed E-state index contributed by atoms with van der Waals surface area (Å²) in [5.41, 5.74) is 6.54. The number of halogens is 2. The van der Waals surface area contributed by atoms with Gasteiger partial charge in [0.25, 0.3) is 0 Å². The van der Waals surface area contributed by atoms with Gasteiger partial charge < -0.3 is 20.5 Å².